The second-order valence-electron chi connectivity index (χ2n) is 5.80. The van der Waals surface area contributed by atoms with Gasteiger partial charge in [0.25, 0.3) is 0 Å². The van der Waals surface area contributed by atoms with Gasteiger partial charge in [-0.25, -0.2) is 0 Å². The Hall–Kier alpha value is -0.320. The lowest BCUT2D eigenvalue weighted by atomic mass is 10.0. The fourth-order valence-corrected chi connectivity index (χ4v) is 2.82. The van der Waals surface area contributed by atoms with E-state index < -0.39 is 6.10 Å². The first-order valence-electron chi connectivity index (χ1n) is 7.36. The van der Waals surface area contributed by atoms with Crippen molar-refractivity contribution < 1.29 is 9.84 Å². The molecule has 5 heteroatoms. The zero-order valence-electron chi connectivity index (χ0n) is 12.5. The third kappa shape index (κ3) is 6.98. The third-order valence-corrected chi connectivity index (χ3v) is 3.95. The lowest BCUT2D eigenvalue weighted by Gasteiger charge is -2.32. The molecule has 0 aromatic heterocycles. The smallest absolute Gasteiger partial charge is 0.0900 e. The van der Waals surface area contributed by atoms with Gasteiger partial charge in [0.2, 0.25) is 0 Å². The summed E-state index contributed by atoms with van der Waals surface area (Å²) in [5.41, 5.74) is 1.08. The Morgan fingerprint density at radius 2 is 2.10 bits per heavy atom. The second-order valence-corrected chi connectivity index (χ2v) is 6.24. The van der Waals surface area contributed by atoms with Gasteiger partial charge in [0.05, 0.1) is 19.3 Å². The zero-order valence-corrected chi connectivity index (χ0v) is 14.1. The fraction of sp³-hybridized carbons (Fsp3) is 0.625. The van der Waals surface area contributed by atoms with E-state index in [0.717, 1.165) is 29.6 Å². The minimum atomic E-state index is -0.410. The molecular formula is C16H25Cl2NO2. The summed E-state index contributed by atoms with van der Waals surface area (Å²) in [5.74, 6) is 0.742. The molecule has 1 aromatic carbocycles. The van der Waals surface area contributed by atoms with Gasteiger partial charge in [0, 0.05) is 18.1 Å². The first-order chi connectivity index (χ1) is 9.63. The summed E-state index contributed by atoms with van der Waals surface area (Å²) < 4.78 is 5.57. The molecule has 0 bridgehead atoms. The van der Waals surface area contributed by atoms with Gasteiger partial charge in [-0.2, -0.15) is 0 Å². The predicted octanol–water partition coefficient (Wildman–Crippen LogP) is 3.37. The molecule has 21 heavy (non-hydrogen) atoms. The van der Waals surface area contributed by atoms with Crippen molar-refractivity contribution in [3.05, 3.63) is 34.9 Å². The lowest BCUT2D eigenvalue weighted by Crippen LogP contribution is -2.40. The predicted molar refractivity (Wildman–Crippen MR) is 89.2 cm³/mol. The van der Waals surface area contributed by atoms with E-state index in [2.05, 4.69) is 11.8 Å². The van der Waals surface area contributed by atoms with E-state index in [1.165, 1.54) is 12.8 Å². The standard InChI is InChI=1S/C16H24ClNO2.ClH/c1-13-3-2-8-18(9-13)10-16(19)12-20-11-14-4-6-15(17)7-5-14;/h4-7,13,16,19H,2-3,8-12H2,1H3;1H. The topological polar surface area (TPSA) is 32.7 Å². The Labute approximate surface area is 138 Å². The van der Waals surface area contributed by atoms with Crippen LogP contribution in [0.5, 0.6) is 0 Å². The molecule has 2 atom stereocenters. The summed E-state index contributed by atoms with van der Waals surface area (Å²) in [7, 11) is 0. The van der Waals surface area contributed by atoms with Gasteiger partial charge < -0.3 is 14.7 Å². The summed E-state index contributed by atoms with van der Waals surface area (Å²) in [6.45, 7) is 6.07. The third-order valence-electron chi connectivity index (χ3n) is 3.70. The number of aliphatic hydroxyl groups excluding tert-OH is 1. The van der Waals surface area contributed by atoms with Crippen LogP contribution in [0.25, 0.3) is 0 Å². The van der Waals surface area contributed by atoms with Crippen LogP contribution < -0.4 is 0 Å². The maximum absolute atomic E-state index is 10.0. The molecule has 1 aliphatic rings. The average Bonchev–Trinajstić information content (AvgIpc) is 2.41. The van der Waals surface area contributed by atoms with Crippen LogP contribution in [0.4, 0.5) is 0 Å². The van der Waals surface area contributed by atoms with Gasteiger partial charge >= 0.3 is 0 Å². The molecule has 0 spiro atoms. The number of piperidine rings is 1. The van der Waals surface area contributed by atoms with E-state index in [0.29, 0.717) is 19.8 Å². The molecule has 1 saturated heterocycles. The first-order valence-corrected chi connectivity index (χ1v) is 7.74. The molecular weight excluding hydrogens is 309 g/mol. The van der Waals surface area contributed by atoms with Crippen molar-refractivity contribution in [2.24, 2.45) is 5.92 Å². The van der Waals surface area contributed by atoms with Crippen molar-refractivity contribution in [2.45, 2.75) is 32.5 Å². The number of β-amino-alcohol motifs (C(OH)–C–C–N with tert-alkyl or cyclic N) is 1. The van der Waals surface area contributed by atoms with E-state index in [1.54, 1.807) is 0 Å². The quantitative estimate of drug-likeness (QED) is 0.866. The van der Waals surface area contributed by atoms with E-state index in [-0.39, 0.29) is 12.4 Å². The maximum atomic E-state index is 10.0. The average molecular weight is 334 g/mol. The SMILES string of the molecule is CC1CCCN(CC(O)COCc2ccc(Cl)cc2)C1.Cl. The van der Waals surface area contributed by atoms with Crippen LogP contribution in [0.2, 0.25) is 5.02 Å². The summed E-state index contributed by atoms with van der Waals surface area (Å²) in [5, 5.41) is 10.8. The van der Waals surface area contributed by atoms with Crippen LogP contribution in [0.3, 0.4) is 0 Å². The highest BCUT2D eigenvalue weighted by Gasteiger charge is 2.18. The monoisotopic (exact) mass is 333 g/mol. The van der Waals surface area contributed by atoms with Crippen LogP contribution in [-0.4, -0.2) is 42.4 Å². The Balaban J connectivity index is 0.00000220. The number of nitrogens with zero attached hydrogens (tertiary/aromatic N) is 1. The molecule has 3 nitrogen and oxygen atoms in total. The van der Waals surface area contributed by atoms with Gasteiger partial charge in [-0.15, -0.1) is 12.4 Å². The largest absolute Gasteiger partial charge is 0.389 e. The van der Waals surface area contributed by atoms with Crippen molar-refractivity contribution in [1.29, 1.82) is 0 Å². The van der Waals surface area contributed by atoms with Crippen LogP contribution in [-0.2, 0) is 11.3 Å². The molecule has 0 aliphatic carbocycles. The van der Waals surface area contributed by atoms with E-state index in [4.69, 9.17) is 16.3 Å². The number of rotatable bonds is 6. The molecule has 0 amide bonds. The van der Waals surface area contributed by atoms with Gasteiger partial charge in [0.15, 0.2) is 0 Å². The van der Waals surface area contributed by atoms with Crippen LogP contribution in [0, 0.1) is 5.92 Å². The van der Waals surface area contributed by atoms with Gasteiger partial charge in [-0.3, -0.25) is 0 Å². The first kappa shape index (κ1) is 18.7. The van der Waals surface area contributed by atoms with E-state index >= 15 is 0 Å². The number of hydrogen-bond acceptors (Lipinski definition) is 3. The fourth-order valence-electron chi connectivity index (χ4n) is 2.70. The zero-order chi connectivity index (χ0) is 14.4. The minimum Gasteiger partial charge on any atom is -0.389 e. The number of hydrogen-bond donors (Lipinski definition) is 1. The summed E-state index contributed by atoms with van der Waals surface area (Å²) in [6, 6.07) is 7.60. The van der Waals surface area contributed by atoms with Crippen LogP contribution in [0.1, 0.15) is 25.3 Å². The summed E-state index contributed by atoms with van der Waals surface area (Å²) in [6.07, 6.45) is 2.13. The van der Waals surface area contributed by atoms with E-state index in [9.17, 15) is 5.11 Å². The molecule has 0 radical (unpaired) electrons. The number of likely N-dealkylation sites (tertiary alicyclic amines) is 1. The molecule has 1 aromatic rings. The molecule has 1 N–H and O–H groups in total. The summed E-state index contributed by atoms with van der Waals surface area (Å²) in [4.78, 5) is 2.34. The molecule has 2 unspecified atom stereocenters. The van der Waals surface area contributed by atoms with Gasteiger partial charge in [-0.1, -0.05) is 30.7 Å². The molecule has 1 aliphatic heterocycles. The Kier molecular flexibility index (Phi) is 8.60. The van der Waals surface area contributed by atoms with E-state index in [1.807, 2.05) is 24.3 Å². The highest BCUT2D eigenvalue weighted by Crippen LogP contribution is 2.15. The maximum Gasteiger partial charge on any atom is 0.0900 e. The Morgan fingerprint density at radius 1 is 1.38 bits per heavy atom. The van der Waals surface area contributed by atoms with Gasteiger partial charge in [0.1, 0.15) is 0 Å². The highest BCUT2D eigenvalue weighted by molar-refractivity contribution is 6.30. The molecule has 0 saturated carbocycles. The molecule has 2 rings (SSSR count). The Bertz CT molecular complexity index is 400. The number of ether oxygens (including phenoxy) is 1. The second kappa shape index (κ2) is 9.65. The van der Waals surface area contributed by atoms with Crippen molar-refractivity contribution >= 4 is 24.0 Å². The number of aliphatic hydroxyl groups is 1. The van der Waals surface area contributed by atoms with Crippen molar-refractivity contribution in [3.63, 3.8) is 0 Å². The Morgan fingerprint density at radius 3 is 2.76 bits per heavy atom. The molecule has 1 heterocycles. The van der Waals surface area contributed by atoms with Gasteiger partial charge in [-0.05, 0) is 43.0 Å². The molecule has 120 valence electrons. The normalized spacial score (nSPS) is 20.8. The van der Waals surface area contributed by atoms with Crippen molar-refractivity contribution in [3.8, 4) is 0 Å². The lowest BCUT2D eigenvalue weighted by molar-refractivity contribution is 0.00377. The number of benzene rings is 1. The van der Waals surface area contributed by atoms with Crippen molar-refractivity contribution in [2.75, 3.05) is 26.2 Å². The minimum absolute atomic E-state index is 0. The van der Waals surface area contributed by atoms with Crippen LogP contribution >= 0.6 is 24.0 Å². The van der Waals surface area contributed by atoms with Crippen molar-refractivity contribution in [1.82, 2.24) is 4.90 Å². The van der Waals surface area contributed by atoms with Crippen LogP contribution in [0.15, 0.2) is 24.3 Å². The number of halogens is 2. The molecule has 1 fully saturated rings. The highest BCUT2D eigenvalue weighted by atomic mass is 35.5. The summed E-state index contributed by atoms with van der Waals surface area (Å²) >= 11 is 5.83.